The molecule has 71 heavy (non-hydrogen) atoms. The number of cyclic esters (lactones) is 1. The lowest BCUT2D eigenvalue weighted by Gasteiger charge is -2.46. The third kappa shape index (κ3) is 9.19. The van der Waals surface area contributed by atoms with Gasteiger partial charge in [-0.15, -0.1) is 0 Å². The van der Waals surface area contributed by atoms with E-state index in [-0.39, 0.29) is 37.6 Å². The first-order chi connectivity index (χ1) is 34.5. The van der Waals surface area contributed by atoms with E-state index in [9.17, 15) is 15.0 Å². The fraction of sp³-hybridized carbons (Fsp3) is 0.232. The van der Waals surface area contributed by atoms with E-state index in [1.54, 1.807) is 79.7 Å². The summed E-state index contributed by atoms with van der Waals surface area (Å²) in [6, 6.07) is 42.6. The summed E-state index contributed by atoms with van der Waals surface area (Å²) in [5.74, 6) is 2.22. The van der Waals surface area contributed by atoms with Crippen LogP contribution in [0.2, 0.25) is 0 Å². The predicted molar refractivity (Wildman–Crippen MR) is 263 cm³/mol. The molecule has 0 aliphatic carbocycles. The second-order valence-corrected chi connectivity index (χ2v) is 17.6. The largest absolute Gasteiger partial charge is 0.491 e. The van der Waals surface area contributed by atoms with Crippen LogP contribution in [0, 0.1) is 17.8 Å². The zero-order valence-corrected chi connectivity index (χ0v) is 38.7. The van der Waals surface area contributed by atoms with Gasteiger partial charge in [-0.1, -0.05) is 145 Å². The second-order valence-electron chi connectivity index (χ2n) is 17.6. The van der Waals surface area contributed by atoms with Crippen molar-refractivity contribution in [3.05, 3.63) is 203 Å². The van der Waals surface area contributed by atoms with Crippen LogP contribution in [0.4, 0.5) is 15.3 Å². The summed E-state index contributed by atoms with van der Waals surface area (Å²) >= 11 is 0. The third-order valence-corrected chi connectivity index (χ3v) is 13.4. The molecular formula is C56H52N6O9. The Morgan fingerprint density at radius 2 is 1.41 bits per heavy atom. The maximum absolute atomic E-state index is 16.6. The van der Waals surface area contributed by atoms with E-state index in [2.05, 4.69) is 27.8 Å². The summed E-state index contributed by atoms with van der Waals surface area (Å²) in [4.78, 5) is 77.5. The Morgan fingerprint density at radius 3 is 2.07 bits per heavy atom. The van der Waals surface area contributed by atoms with Gasteiger partial charge in [0.2, 0.25) is 11.8 Å². The number of nitrogens with zero attached hydrogens (tertiary/aromatic N) is 2. The first-order valence-electron chi connectivity index (χ1n) is 23.3. The summed E-state index contributed by atoms with van der Waals surface area (Å²) in [5, 5.41) is 29.7. The Balaban J connectivity index is 1.32. The fourth-order valence-electron chi connectivity index (χ4n) is 10.4. The lowest BCUT2D eigenvalue weighted by Crippen LogP contribution is -2.56. The number of imide groups is 1. The van der Waals surface area contributed by atoms with Crippen LogP contribution in [0.5, 0.6) is 5.75 Å². The monoisotopic (exact) mass is 952 g/mol. The van der Waals surface area contributed by atoms with Crippen molar-refractivity contribution in [1.82, 2.24) is 20.9 Å². The maximum atomic E-state index is 16.6. The van der Waals surface area contributed by atoms with E-state index in [1.165, 1.54) is 0 Å². The number of fused-ring (bicyclic) bond motifs is 3. The number of nitrogens with one attached hydrogen (secondary N) is 3. The number of urea groups is 2. The van der Waals surface area contributed by atoms with Crippen molar-refractivity contribution in [3.8, 4) is 17.6 Å². The summed E-state index contributed by atoms with van der Waals surface area (Å²) in [7, 11) is 0. The number of hydrogen-bond acceptors (Lipinski definition) is 10. The molecule has 6 amide bonds. The molecule has 9 rings (SSSR count). The zero-order valence-electron chi connectivity index (χ0n) is 38.7. The average molecular weight is 953 g/mol. The Morgan fingerprint density at radius 1 is 0.775 bits per heavy atom. The summed E-state index contributed by atoms with van der Waals surface area (Å²) in [5.41, 5.74) is 6.96. The highest BCUT2D eigenvalue weighted by Crippen LogP contribution is 2.66. The number of benzene rings is 6. The van der Waals surface area contributed by atoms with Crippen LogP contribution in [0.1, 0.15) is 76.2 Å². The molecule has 7 N–H and O–H groups in total. The van der Waals surface area contributed by atoms with E-state index >= 15 is 19.2 Å². The van der Waals surface area contributed by atoms with E-state index in [4.69, 9.17) is 15.2 Å². The highest BCUT2D eigenvalue weighted by molar-refractivity contribution is 6.24. The second kappa shape index (κ2) is 20.7. The topological polar surface area (TPSA) is 213 Å². The van der Waals surface area contributed by atoms with E-state index < -0.39 is 77.6 Å². The van der Waals surface area contributed by atoms with Gasteiger partial charge in [0.1, 0.15) is 29.9 Å². The van der Waals surface area contributed by atoms with Gasteiger partial charge < -0.3 is 41.4 Å². The van der Waals surface area contributed by atoms with Crippen LogP contribution in [-0.2, 0) is 24.5 Å². The number of hydrogen-bond donors (Lipinski definition) is 6. The van der Waals surface area contributed by atoms with Crippen molar-refractivity contribution in [2.75, 3.05) is 31.2 Å². The van der Waals surface area contributed by atoms with Gasteiger partial charge in [0.05, 0.1) is 49.0 Å². The highest BCUT2D eigenvalue weighted by Gasteiger charge is 2.75. The number of ether oxygens (including phenoxy) is 2. The quantitative estimate of drug-likeness (QED) is 0.0582. The van der Waals surface area contributed by atoms with Gasteiger partial charge in [-0.05, 0) is 70.6 Å². The smallest absolute Gasteiger partial charge is 0.329 e. The minimum absolute atomic E-state index is 0.0582. The fourth-order valence-corrected chi connectivity index (χ4v) is 10.4. The molecule has 6 aromatic rings. The van der Waals surface area contributed by atoms with E-state index in [0.717, 1.165) is 10.5 Å². The number of amides is 6. The Kier molecular flexibility index (Phi) is 14.0. The minimum atomic E-state index is -2.15. The van der Waals surface area contributed by atoms with Crippen molar-refractivity contribution in [2.45, 2.75) is 48.7 Å². The molecule has 2 fully saturated rings. The number of carbonyl (C=O) groups excluding carboxylic acids is 5. The number of carbonyl (C=O) groups is 5. The molecule has 3 aliphatic rings. The van der Waals surface area contributed by atoms with Crippen molar-refractivity contribution >= 4 is 35.5 Å². The first-order valence-corrected chi connectivity index (χ1v) is 23.3. The lowest BCUT2D eigenvalue weighted by molar-refractivity contribution is -0.178. The first kappa shape index (κ1) is 47.8. The van der Waals surface area contributed by atoms with Crippen LogP contribution in [0.15, 0.2) is 164 Å². The summed E-state index contributed by atoms with van der Waals surface area (Å²) < 4.78 is 12.6. The van der Waals surface area contributed by atoms with Gasteiger partial charge in [-0.2, -0.15) is 0 Å². The maximum Gasteiger partial charge on any atom is 0.329 e. The van der Waals surface area contributed by atoms with E-state index in [0.29, 0.717) is 33.6 Å². The zero-order chi connectivity index (χ0) is 49.6. The molecule has 1 spiro atoms. The van der Waals surface area contributed by atoms with Crippen LogP contribution < -0.4 is 31.3 Å². The lowest BCUT2D eigenvalue weighted by atomic mass is 9.65. The minimum Gasteiger partial charge on any atom is -0.491 e. The van der Waals surface area contributed by atoms with Crippen LogP contribution in [0.3, 0.4) is 0 Å². The van der Waals surface area contributed by atoms with Gasteiger partial charge in [0.15, 0.2) is 0 Å². The third-order valence-electron chi connectivity index (χ3n) is 13.4. The van der Waals surface area contributed by atoms with Crippen molar-refractivity contribution in [1.29, 1.82) is 0 Å². The summed E-state index contributed by atoms with van der Waals surface area (Å²) in [6.07, 6.45) is -2.17. The number of anilines is 1. The molecule has 0 radical (unpaired) electrons. The van der Waals surface area contributed by atoms with Gasteiger partial charge in [0, 0.05) is 12.1 Å². The number of rotatable bonds is 13. The van der Waals surface area contributed by atoms with Crippen molar-refractivity contribution in [2.24, 2.45) is 11.7 Å². The molecule has 3 heterocycles. The van der Waals surface area contributed by atoms with Crippen molar-refractivity contribution < 1.29 is 43.7 Å². The molecule has 3 aliphatic heterocycles. The van der Waals surface area contributed by atoms with Crippen LogP contribution in [0.25, 0.3) is 0 Å². The van der Waals surface area contributed by atoms with Gasteiger partial charge in [0.25, 0.3) is 0 Å². The molecule has 0 bridgehead atoms. The number of aliphatic hydroxyl groups is 2. The molecule has 8 atom stereocenters. The van der Waals surface area contributed by atoms with E-state index in [1.807, 2.05) is 95.9 Å². The molecule has 0 unspecified atom stereocenters. The Bertz CT molecular complexity index is 2990. The van der Waals surface area contributed by atoms with Crippen LogP contribution in [-0.4, -0.2) is 77.3 Å². The SMILES string of the molecule is C[C@@H](NC(=O)N1C(=O)[C@@]2(c3cc(C#CCNC(N)=O)ccc31)[C@H](c1cccc(OCCO)c1)N1[C@H](c3ccccc3)[C@H](c3ccccc3)OC(=O)[C@H]1[C@@H]2C(=O)NC[C@H](O)c1ccccc1)c1ccccc1. The number of morpholine rings is 1. The predicted octanol–water partition coefficient (Wildman–Crippen LogP) is 6.06. The highest BCUT2D eigenvalue weighted by atomic mass is 16.6. The molecule has 15 nitrogen and oxygen atoms in total. The molecule has 2 saturated heterocycles. The van der Waals surface area contributed by atoms with Gasteiger partial charge in [-0.3, -0.25) is 19.3 Å². The molecule has 15 heteroatoms. The number of nitrogens with two attached hydrogens (primary N) is 1. The molecule has 6 aromatic carbocycles. The van der Waals surface area contributed by atoms with Crippen molar-refractivity contribution in [3.63, 3.8) is 0 Å². The Labute approximate surface area is 410 Å². The number of esters is 1. The number of aliphatic hydroxyl groups excluding tert-OH is 2. The average Bonchev–Trinajstić information content (AvgIpc) is 3.86. The summed E-state index contributed by atoms with van der Waals surface area (Å²) in [6.45, 7) is 1.02. The molecular weight excluding hydrogens is 901 g/mol. The number of primary amides is 1. The van der Waals surface area contributed by atoms with Crippen LogP contribution >= 0.6 is 0 Å². The van der Waals surface area contributed by atoms with Gasteiger partial charge >= 0.3 is 18.0 Å². The van der Waals surface area contributed by atoms with Gasteiger partial charge in [-0.25, -0.2) is 14.5 Å². The molecule has 0 saturated carbocycles. The molecule has 360 valence electrons. The standard InChI is InChI=1S/C56H52N6O9/c1-35(37-17-6-2-7-18-37)60-55(69)61-44-28-27-36(16-15-29-58-54(57)68)32-43(44)56(53(61)67)46(51(65)59-34-45(64)38-19-8-3-9-20-38)48-52(66)71-49(40-23-12-5-13-24-40)47(39-21-10-4-11-22-39)62(48)50(56)41-25-14-26-42(33-41)70-31-30-63/h2-14,17-28,32-33,35,45-50,63-64H,29-31,34H2,1H3,(H,59,65)(H,60,69)(H3,57,58,68)/t35-,45+,46-,47-,48-,49+,50+,56-/m1/s1. The molecule has 0 aromatic heterocycles. The normalized spacial score (nSPS) is 22.0. The Hall–Kier alpha value is -8.29.